The first-order valence-electron chi connectivity index (χ1n) is 9.73. The van der Waals surface area contributed by atoms with Gasteiger partial charge < -0.3 is 9.72 Å². The second kappa shape index (κ2) is 6.93. The van der Waals surface area contributed by atoms with Gasteiger partial charge in [0.2, 0.25) is 0 Å². The number of H-pyrrole nitrogens is 1. The molecule has 2 aromatic carbocycles. The molecule has 146 valence electrons. The van der Waals surface area contributed by atoms with Crippen LogP contribution in [0.25, 0.3) is 22.0 Å². The molecule has 3 aromatic rings. The number of hydrogen-bond acceptors (Lipinski definition) is 3. The van der Waals surface area contributed by atoms with Gasteiger partial charge >= 0.3 is 0 Å². The minimum atomic E-state index is -0.119. The molecule has 28 heavy (non-hydrogen) atoms. The predicted octanol–water partition coefficient (Wildman–Crippen LogP) is 5.85. The zero-order chi connectivity index (χ0) is 20.1. The molecule has 4 rings (SSSR count). The fourth-order valence-electron chi connectivity index (χ4n) is 3.44. The van der Waals surface area contributed by atoms with Crippen molar-refractivity contribution < 1.29 is 4.74 Å². The van der Waals surface area contributed by atoms with Gasteiger partial charge in [-0.15, -0.1) is 0 Å². The number of benzene rings is 2. The summed E-state index contributed by atoms with van der Waals surface area (Å²) in [5.41, 5.74) is 4.03. The molecule has 1 saturated carbocycles. The molecule has 5 heteroatoms. The number of aromatic amines is 1. The maximum atomic E-state index is 12.5. The second-order valence-electron chi connectivity index (χ2n) is 8.51. The van der Waals surface area contributed by atoms with Gasteiger partial charge in [0.05, 0.1) is 22.5 Å². The zero-order valence-electron chi connectivity index (χ0n) is 16.7. The van der Waals surface area contributed by atoms with E-state index in [0.29, 0.717) is 28.6 Å². The third kappa shape index (κ3) is 3.66. The maximum Gasteiger partial charge on any atom is 0.258 e. The highest BCUT2D eigenvalue weighted by Crippen LogP contribution is 2.46. The quantitative estimate of drug-likeness (QED) is 0.588. The van der Waals surface area contributed by atoms with Gasteiger partial charge in [0.1, 0.15) is 11.6 Å². The number of nitrogens with zero attached hydrogens (tertiary/aromatic N) is 1. The van der Waals surface area contributed by atoms with E-state index in [2.05, 4.69) is 30.7 Å². The molecule has 0 bridgehead atoms. The molecule has 4 nitrogen and oxygen atoms in total. The van der Waals surface area contributed by atoms with E-state index in [0.717, 1.165) is 22.2 Å². The van der Waals surface area contributed by atoms with Crippen molar-refractivity contribution in [1.29, 1.82) is 0 Å². The van der Waals surface area contributed by atoms with Gasteiger partial charge in [-0.3, -0.25) is 4.79 Å². The predicted molar refractivity (Wildman–Crippen MR) is 114 cm³/mol. The lowest BCUT2D eigenvalue weighted by atomic mass is 9.91. The van der Waals surface area contributed by atoms with Crippen LogP contribution in [-0.2, 0) is 0 Å². The van der Waals surface area contributed by atoms with Crippen LogP contribution < -0.4 is 10.3 Å². The smallest absolute Gasteiger partial charge is 0.258 e. The molecule has 1 N–H and O–H groups in total. The summed E-state index contributed by atoms with van der Waals surface area (Å²) < 4.78 is 6.04. The summed E-state index contributed by atoms with van der Waals surface area (Å²) in [4.78, 5) is 19.8. The van der Waals surface area contributed by atoms with Crippen molar-refractivity contribution in [2.45, 2.75) is 46.5 Å². The fraction of sp³-hybridized carbons (Fsp3) is 0.391. The van der Waals surface area contributed by atoms with Crippen LogP contribution in [0, 0.1) is 12.3 Å². The Hall–Kier alpha value is -2.33. The van der Waals surface area contributed by atoms with Crippen molar-refractivity contribution in [3.63, 3.8) is 0 Å². The lowest BCUT2D eigenvalue weighted by Crippen LogP contribution is -2.11. The molecular formula is C23H25ClN2O2. The lowest BCUT2D eigenvalue weighted by Gasteiger charge is -2.17. The van der Waals surface area contributed by atoms with Crippen LogP contribution in [0.1, 0.15) is 50.9 Å². The topological polar surface area (TPSA) is 55.0 Å². The number of rotatable bonds is 5. The summed E-state index contributed by atoms with van der Waals surface area (Å²) in [6.07, 6.45) is 2.39. The summed E-state index contributed by atoms with van der Waals surface area (Å²) >= 11 is 6.38. The van der Waals surface area contributed by atoms with Gasteiger partial charge in [0, 0.05) is 5.41 Å². The molecule has 0 aliphatic heterocycles. The summed E-state index contributed by atoms with van der Waals surface area (Å²) in [5, 5.41) is 1.20. The molecule has 0 radical (unpaired) electrons. The van der Waals surface area contributed by atoms with E-state index >= 15 is 0 Å². The van der Waals surface area contributed by atoms with Gasteiger partial charge in [-0.25, -0.2) is 4.98 Å². The van der Waals surface area contributed by atoms with Gasteiger partial charge in [-0.05, 0) is 66.6 Å². The van der Waals surface area contributed by atoms with Crippen LogP contribution in [0.2, 0.25) is 5.02 Å². The van der Waals surface area contributed by atoms with Crippen LogP contribution in [0.3, 0.4) is 0 Å². The molecule has 0 amide bonds. The number of aromatic nitrogens is 2. The standard InChI is InChI=1S/C23H25ClN2O2/c1-13(2)16-11-20-18(22(27)26-14(3)25-20)10-17(16)15-5-6-19(24)21(9-15)28-12-23(4)7-8-23/h5-6,9-11,13H,7-8,12H2,1-4H3,(H,25,26,27). The summed E-state index contributed by atoms with van der Waals surface area (Å²) in [7, 11) is 0. The Labute approximate surface area is 169 Å². The Bertz CT molecular complexity index is 1110. The van der Waals surface area contributed by atoms with E-state index in [-0.39, 0.29) is 16.9 Å². The molecule has 0 unspecified atom stereocenters. The zero-order valence-corrected chi connectivity index (χ0v) is 17.5. The van der Waals surface area contributed by atoms with E-state index in [1.807, 2.05) is 30.3 Å². The van der Waals surface area contributed by atoms with Crippen molar-refractivity contribution in [1.82, 2.24) is 9.97 Å². The van der Waals surface area contributed by atoms with E-state index in [9.17, 15) is 4.79 Å². The summed E-state index contributed by atoms with van der Waals surface area (Å²) in [5.74, 6) is 1.60. The Morgan fingerprint density at radius 3 is 2.68 bits per heavy atom. The van der Waals surface area contributed by atoms with Crippen molar-refractivity contribution in [3.05, 3.63) is 57.1 Å². The highest BCUT2D eigenvalue weighted by atomic mass is 35.5. The average Bonchev–Trinajstić information content (AvgIpc) is 3.37. The first-order valence-corrected chi connectivity index (χ1v) is 10.1. The van der Waals surface area contributed by atoms with Gasteiger partial charge in [0.25, 0.3) is 5.56 Å². The third-order valence-electron chi connectivity index (χ3n) is 5.54. The normalized spacial score (nSPS) is 15.2. The van der Waals surface area contributed by atoms with Gasteiger partial charge in [-0.1, -0.05) is 38.4 Å². The Balaban J connectivity index is 1.83. The Kier molecular flexibility index (Phi) is 4.70. The molecule has 1 aliphatic carbocycles. The summed E-state index contributed by atoms with van der Waals surface area (Å²) in [6.45, 7) is 8.99. The monoisotopic (exact) mass is 396 g/mol. The maximum absolute atomic E-state index is 12.5. The number of hydrogen-bond donors (Lipinski definition) is 1. The van der Waals surface area contributed by atoms with Crippen molar-refractivity contribution >= 4 is 22.5 Å². The van der Waals surface area contributed by atoms with Crippen LogP contribution in [0.15, 0.2) is 35.1 Å². The minimum absolute atomic E-state index is 0.119. The Morgan fingerprint density at radius 1 is 1.25 bits per heavy atom. The molecule has 0 atom stereocenters. The van der Waals surface area contributed by atoms with E-state index in [4.69, 9.17) is 16.3 Å². The average molecular weight is 397 g/mol. The summed E-state index contributed by atoms with van der Waals surface area (Å²) in [6, 6.07) is 9.80. The highest BCUT2D eigenvalue weighted by molar-refractivity contribution is 6.32. The number of ether oxygens (including phenoxy) is 1. The lowest BCUT2D eigenvalue weighted by molar-refractivity contribution is 0.247. The number of fused-ring (bicyclic) bond motifs is 1. The Morgan fingerprint density at radius 2 is 2.00 bits per heavy atom. The van der Waals surface area contributed by atoms with Crippen LogP contribution in [-0.4, -0.2) is 16.6 Å². The fourth-order valence-corrected chi connectivity index (χ4v) is 3.61. The number of aryl methyl sites for hydroxylation is 1. The van der Waals surface area contributed by atoms with E-state index in [1.165, 1.54) is 12.8 Å². The highest BCUT2D eigenvalue weighted by Gasteiger charge is 2.38. The first kappa shape index (κ1) is 19.0. The largest absolute Gasteiger partial charge is 0.491 e. The molecule has 1 aliphatic rings. The van der Waals surface area contributed by atoms with Crippen molar-refractivity contribution in [2.75, 3.05) is 6.61 Å². The first-order chi connectivity index (χ1) is 13.3. The van der Waals surface area contributed by atoms with Gasteiger partial charge in [-0.2, -0.15) is 0 Å². The van der Waals surface area contributed by atoms with Crippen molar-refractivity contribution in [2.24, 2.45) is 5.41 Å². The van der Waals surface area contributed by atoms with Crippen LogP contribution >= 0.6 is 11.6 Å². The molecule has 1 heterocycles. The van der Waals surface area contributed by atoms with Crippen molar-refractivity contribution in [3.8, 4) is 16.9 Å². The minimum Gasteiger partial charge on any atom is -0.491 e. The third-order valence-corrected chi connectivity index (χ3v) is 5.85. The second-order valence-corrected chi connectivity index (χ2v) is 8.91. The van der Waals surface area contributed by atoms with Crippen LogP contribution in [0.4, 0.5) is 0 Å². The molecule has 1 fully saturated rings. The molecule has 0 spiro atoms. The SMILES string of the molecule is Cc1nc2cc(C(C)C)c(-c3ccc(Cl)c(OCC4(C)CC4)c3)cc2c(=O)[nH]1. The van der Waals surface area contributed by atoms with Crippen LogP contribution in [0.5, 0.6) is 5.75 Å². The van der Waals surface area contributed by atoms with Gasteiger partial charge in [0.15, 0.2) is 0 Å². The molecule has 0 saturated heterocycles. The molecule has 1 aromatic heterocycles. The number of halogens is 1. The number of nitrogens with one attached hydrogen (secondary N) is 1. The van der Waals surface area contributed by atoms with E-state index in [1.54, 1.807) is 6.92 Å². The molecular weight excluding hydrogens is 372 g/mol. The van der Waals surface area contributed by atoms with E-state index < -0.39 is 0 Å².